The Kier molecular flexibility index (Phi) is 8.71. The molecule has 1 aromatic rings. The molecule has 1 heterocycles. The number of ether oxygens (including phenoxy) is 1. The molecule has 0 aliphatic carbocycles. The number of benzene rings is 1. The number of nitrogens with zero attached hydrogens (tertiary/aromatic N) is 2. The molecule has 0 bridgehead atoms. The second kappa shape index (κ2) is 11.0. The minimum absolute atomic E-state index is 0.0163. The summed E-state index contributed by atoms with van der Waals surface area (Å²) in [5.74, 6) is -0.576. The number of nitrogens with one attached hydrogen (secondary N) is 2. The number of piperazine rings is 1. The van der Waals surface area contributed by atoms with Gasteiger partial charge in [-0.05, 0) is 30.7 Å². The van der Waals surface area contributed by atoms with Crippen molar-refractivity contribution in [2.24, 2.45) is 0 Å². The number of anilines is 1. The van der Waals surface area contributed by atoms with Gasteiger partial charge in [0.25, 0.3) is 0 Å². The molecule has 2 N–H and O–H groups in total. The van der Waals surface area contributed by atoms with Gasteiger partial charge in [-0.25, -0.2) is 0 Å². The van der Waals surface area contributed by atoms with Crippen molar-refractivity contribution in [2.75, 3.05) is 51.1 Å². The van der Waals surface area contributed by atoms with Crippen LogP contribution in [0, 0.1) is 0 Å². The molecule has 1 saturated heterocycles. The van der Waals surface area contributed by atoms with Crippen LogP contribution in [0.1, 0.15) is 19.8 Å². The summed E-state index contributed by atoms with van der Waals surface area (Å²) in [5.41, 5.74) is 0.395. The Morgan fingerprint density at radius 3 is 2.07 bits per heavy atom. The van der Waals surface area contributed by atoms with Crippen LogP contribution in [-0.2, 0) is 9.59 Å². The van der Waals surface area contributed by atoms with Crippen LogP contribution in [0.15, 0.2) is 24.3 Å². The second-order valence-corrected chi connectivity index (χ2v) is 6.88. The average Bonchev–Trinajstić information content (AvgIpc) is 2.64. The molecule has 1 aromatic carbocycles. The maximum absolute atomic E-state index is 12.2. The second-order valence-electron chi connectivity index (χ2n) is 6.88. The van der Waals surface area contributed by atoms with Crippen LogP contribution in [0.4, 0.5) is 18.9 Å². The Bertz CT molecular complexity index is 660. The molecule has 0 saturated carbocycles. The van der Waals surface area contributed by atoms with Crippen molar-refractivity contribution in [3.63, 3.8) is 0 Å². The van der Waals surface area contributed by atoms with E-state index in [1.54, 1.807) is 0 Å². The monoisotopic (exact) mass is 416 g/mol. The quantitative estimate of drug-likeness (QED) is 0.603. The lowest BCUT2D eigenvalue weighted by atomic mass is 10.2. The molecule has 162 valence electrons. The summed E-state index contributed by atoms with van der Waals surface area (Å²) >= 11 is 0. The average molecular weight is 416 g/mol. The number of alkyl halides is 3. The highest BCUT2D eigenvalue weighted by Gasteiger charge is 2.31. The number of amides is 2. The predicted octanol–water partition coefficient (Wildman–Crippen LogP) is 2.06. The van der Waals surface area contributed by atoms with E-state index in [-0.39, 0.29) is 24.1 Å². The smallest absolute Gasteiger partial charge is 0.406 e. The summed E-state index contributed by atoms with van der Waals surface area (Å²) < 4.78 is 40.3. The van der Waals surface area contributed by atoms with E-state index in [1.165, 1.54) is 12.1 Å². The molecule has 2 amide bonds. The first-order chi connectivity index (χ1) is 13.7. The zero-order valence-corrected chi connectivity index (χ0v) is 16.4. The fraction of sp³-hybridized carbons (Fsp3) is 0.579. The van der Waals surface area contributed by atoms with Gasteiger partial charge in [-0.2, -0.15) is 0 Å². The van der Waals surface area contributed by atoms with E-state index in [0.29, 0.717) is 45.0 Å². The summed E-state index contributed by atoms with van der Waals surface area (Å²) in [6.45, 7) is 6.00. The number of carbonyl (C=O) groups excluding carboxylic acids is 2. The molecule has 0 aromatic heterocycles. The van der Waals surface area contributed by atoms with Gasteiger partial charge >= 0.3 is 6.36 Å². The highest BCUT2D eigenvalue weighted by Crippen LogP contribution is 2.23. The van der Waals surface area contributed by atoms with Gasteiger partial charge in [0.05, 0.1) is 13.1 Å². The van der Waals surface area contributed by atoms with E-state index >= 15 is 0 Å². The normalized spacial score (nSPS) is 15.7. The minimum Gasteiger partial charge on any atom is -0.406 e. The topological polar surface area (TPSA) is 73.9 Å². The van der Waals surface area contributed by atoms with Crippen LogP contribution in [0.25, 0.3) is 0 Å². The Labute approximate surface area is 168 Å². The molecule has 0 radical (unpaired) electrons. The molecule has 0 unspecified atom stereocenters. The lowest BCUT2D eigenvalue weighted by Crippen LogP contribution is -2.51. The van der Waals surface area contributed by atoms with Gasteiger partial charge in [0.15, 0.2) is 0 Å². The molecule has 1 fully saturated rings. The largest absolute Gasteiger partial charge is 0.573 e. The van der Waals surface area contributed by atoms with Crippen molar-refractivity contribution in [3.05, 3.63) is 24.3 Å². The first-order valence-corrected chi connectivity index (χ1v) is 9.62. The molecule has 1 aliphatic rings. The third-order valence-corrected chi connectivity index (χ3v) is 4.42. The third kappa shape index (κ3) is 9.14. The van der Waals surface area contributed by atoms with Crippen LogP contribution < -0.4 is 15.4 Å². The van der Waals surface area contributed by atoms with Gasteiger partial charge in [0, 0.05) is 38.4 Å². The first-order valence-electron chi connectivity index (χ1n) is 9.62. The molecule has 7 nitrogen and oxygen atoms in total. The number of halogens is 3. The van der Waals surface area contributed by atoms with Gasteiger partial charge in [0.2, 0.25) is 11.8 Å². The van der Waals surface area contributed by atoms with Crippen molar-refractivity contribution in [3.8, 4) is 5.75 Å². The Hall–Kier alpha value is -2.33. The van der Waals surface area contributed by atoms with E-state index in [2.05, 4.69) is 27.2 Å². The molecule has 0 atom stereocenters. The van der Waals surface area contributed by atoms with E-state index in [4.69, 9.17) is 0 Å². The Balaban J connectivity index is 1.68. The number of carbonyl (C=O) groups is 2. The van der Waals surface area contributed by atoms with Crippen LogP contribution in [0.5, 0.6) is 5.75 Å². The van der Waals surface area contributed by atoms with Crippen molar-refractivity contribution in [1.82, 2.24) is 15.1 Å². The molecule has 2 rings (SSSR count). The van der Waals surface area contributed by atoms with Crippen LogP contribution in [-0.4, -0.2) is 73.8 Å². The number of hydrogen-bond donors (Lipinski definition) is 2. The van der Waals surface area contributed by atoms with E-state index in [1.807, 2.05) is 4.90 Å². The van der Waals surface area contributed by atoms with E-state index in [0.717, 1.165) is 25.0 Å². The van der Waals surface area contributed by atoms with Crippen LogP contribution in [0.2, 0.25) is 0 Å². The Morgan fingerprint density at radius 2 is 1.55 bits per heavy atom. The molecule has 1 aliphatic heterocycles. The van der Waals surface area contributed by atoms with E-state index < -0.39 is 6.36 Å². The summed E-state index contributed by atoms with van der Waals surface area (Å²) in [6, 6.07) is 5.00. The van der Waals surface area contributed by atoms with Gasteiger partial charge in [-0.1, -0.05) is 13.3 Å². The maximum Gasteiger partial charge on any atom is 0.573 e. The van der Waals surface area contributed by atoms with Gasteiger partial charge in [-0.15, -0.1) is 13.2 Å². The van der Waals surface area contributed by atoms with Gasteiger partial charge in [0.1, 0.15) is 5.75 Å². The molecule has 10 heteroatoms. The number of rotatable bonds is 9. The highest BCUT2D eigenvalue weighted by atomic mass is 19.4. The van der Waals surface area contributed by atoms with Crippen molar-refractivity contribution in [2.45, 2.75) is 26.1 Å². The van der Waals surface area contributed by atoms with E-state index in [9.17, 15) is 22.8 Å². The number of hydrogen-bond acceptors (Lipinski definition) is 5. The van der Waals surface area contributed by atoms with Crippen LogP contribution in [0.3, 0.4) is 0 Å². The maximum atomic E-state index is 12.2. The summed E-state index contributed by atoms with van der Waals surface area (Å²) in [5, 5.41) is 5.54. The standard InChI is InChI=1S/C19H27F3N4O3/c1-2-3-8-23-17(27)13-25-9-11-26(12-10-25)14-18(28)24-15-4-6-16(7-5-15)29-19(20,21)22/h4-7H,2-3,8-14H2,1H3,(H,23,27)(H,24,28). The summed E-state index contributed by atoms with van der Waals surface area (Å²) in [4.78, 5) is 28.0. The predicted molar refractivity (Wildman–Crippen MR) is 103 cm³/mol. The van der Waals surface area contributed by atoms with Crippen molar-refractivity contribution in [1.29, 1.82) is 0 Å². The Morgan fingerprint density at radius 1 is 1.00 bits per heavy atom. The first kappa shape index (κ1) is 23.0. The molecule has 0 spiro atoms. The fourth-order valence-corrected chi connectivity index (χ4v) is 2.91. The minimum atomic E-state index is -4.75. The fourth-order valence-electron chi connectivity index (χ4n) is 2.91. The summed E-state index contributed by atoms with van der Waals surface area (Å²) in [7, 11) is 0. The molecule has 29 heavy (non-hydrogen) atoms. The number of unbranched alkanes of at least 4 members (excludes halogenated alkanes) is 1. The molecular weight excluding hydrogens is 389 g/mol. The lowest BCUT2D eigenvalue weighted by Gasteiger charge is -2.33. The summed E-state index contributed by atoms with van der Waals surface area (Å²) in [6.07, 6.45) is -2.75. The zero-order valence-electron chi connectivity index (χ0n) is 16.4. The third-order valence-electron chi connectivity index (χ3n) is 4.42. The van der Waals surface area contributed by atoms with Gasteiger partial charge in [-0.3, -0.25) is 19.4 Å². The SMILES string of the molecule is CCCCNC(=O)CN1CCN(CC(=O)Nc2ccc(OC(F)(F)F)cc2)CC1. The van der Waals surface area contributed by atoms with Crippen molar-refractivity contribution >= 4 is 17.5 Å². The zero-order chi connectivity index (χ0) is 21.3. The lowest BCUT2D eigenvalue weighted by molar-refractivity contribution is -0.274. The van der Waals surface area contributed by atoms with Crippen LogP contribution >= 0.6 is 0 Å². The van der Waals surface area contributed by atoms with Crippen molar-refractivity contribution < 1.29 is 27.5 Å². The highest BCUT2D eigenvalue weighted by molar-refractivity contribution is 5.92. The van der Waals surface area contributed by atoms with Gasteiger partial charge < -0.3 is 15.4 Å². The molecular formula is C19H27F3N4O3.